The van der Waals surface area contributed by atoms with Gasteiger partial charge in [-0.1, -0.05) is 121 Å². The summed E-state index contributed by atoms with van der Waals surface area (Å²) >= 11 is 0. The molecular formula is C46H26O2. The lowest BCUT2D eigenvalue weighted by molar-refractivity contribution is 0.665. The van der Waals surface area contributed by atoms with E-state index in [0.29, 0.717) is 0 Å². The first kappa shape index (κ1) is 25.8. The molecule has 0 aliphatic carbocycles. The van der Waals surface area contributed by atoms with Crippen LogP contribution in [0.3, 0.4) is 0 Å². The average Bonchev–Trinajstić information content (AvgIpc) is 3.72. The number of fused-ring (bicyclic) bond motifs is 12. The first-order valence-corrected chi connectivity index (χ1v) is 16.4. The van der Waals surface area contributed by atoms with E-state index >= 15 is 0 Å². The molecule has 0 aliphatic rings. The maximum atomic E-state index is 6.66. The number of rotatable bonds is 2. The van der Waals surface area contributed by atoms with Crippen LogP contribution in [0.4, 0.5) is 0 Å². The molecule has 0 saturated heterocycles. The minimum atomic E-state index is 0.842. The maximum absolute atomic E-state index is 6.66. The topological polar surface area (TPSA) is 26.3 Å². The summed E-state index contributed by atoms with van der Waals surface area (Å²) in [6.45, 7) is 0. The maximum Gasteiger partial charge on any atom is 0.147 e. The zero-order valence-electron chi connectivity index (χ0n) is 25.8. The monoisotopic (exact) mass is 610 g/mol. The fourth-order valence-electron chi connectivity index (χ4n) is 8.07. The van der Waals surface area contributed by atoms with Crippen LogP contribution in [-0.2, 0) is 0 Å². The molecule has 2 nitrogen and oxygen atoms in total. The zero-order valence-corrected chi connectivity index (χ0v) is 25.8. The zero-order chi connectivity index (χ0) is 31.3. The molecule has 0 aliphatic heterocycles. The van der Waals surface area contributed by atoms with Crippen LogP contribution < -0.4 is 0 Å². The minimum Gasteiger partial charge on any atom is -0.455 e. The molecule has 0 unspecified atom stereocenters. The molecule has 48 heavy (non-hydrogen) atoms. The van der Waals surface area contributed by atoms with Crippen molar-refractivity contribution in [2.75, 3.05) is 0 Å². The normalized spacial score (nSPS) is 12.2. The van der Waals surface area contributed by atoms with Crippen LogP contribution in [0, 0.1) is 0 Å². The van der Waals surface area contributed by atoms with Crippen molar-refractivity contribution in [3.8, 4) is 22.3 Å². The molecule has 222 valence electrons. The molecule has 11 aromatic rings. The Hall–Kier alpha value is -6.38. The predicted molar refractivity (Wildman–Crippen MR) is 202 cm³/mol. The van der Waals surface area contributed by atoms with Crippen molar-refractivity contribution < 1.29 is 8.83 Å². The van der Waals surface area contributed by atoms with E-state index in [0.717, 1.165) is 49.3 Å². The Morgan fingerprint density at radius 3 is 1.54 bits per heavy atom. The molecule has 0 radical (unpaired) electrons. The van der Waals surface area contributed by atoms with Crippen LogP contribution in [0.2, 0.25) is 0 Å². The average molecular weight is 611 g/mol. The third-order valence-electron chi connectivity index (χ3n) is 10.2. The number of furan rings is 2. The quantitative estimate of drug-likeness (QED) is 0.182. The first-order chi connectivity index (χ1) is 23.8. The molecule has 2 heterocycles. The van der Waals surface area contributed by atoms with E-state index in [1.165, 1.54) is 60.0 Å². The van der Waals surface area contributed by atoms with Gasteiger partial charge in [0.15, 0.2) is 0 Å². The highest BCUT2D eigenvalue weighted by Gasteiger charge is 2.20. The predicted octanol–water partition coefficient (Wildman–Crippen LogP) is 13.4. The van der Waals surface area contributed by atoms with Crippen LogP contribution in [0.25, 0.3) is 109 Å². The van der Waals surface area contributed by atoms with Gasteiger partial charge in [0.05, 0.1) is 5.39 Å². The lowest BCUT2D eigenvalue weighted by Crippen LogP contribution is -1.91. The van der Waals surface area contributed by atoms with Crippen molar-refractivity contribution in [2.45, 2.75) is 0 Å². The van der Waals surface area contributed by atoms with Gasteiger partial charge in [-0.3, -0.25) is 0 Å². The Kier molecular flexibility index (Phi) is 5.14. The highest BCUT2D eigenvalue weighted by atomic mass is 16.3. The molecular weight excluding hydrogens is 585 g/mol. The Bertz CT molecular complexity index is 3060. The van der Waals surface area contributed by atoms with E-state index < -0.39 is 0 Å². The molecule has 0 N–H and O–H groups in total. The molecule has 9 aromatic carbocycles. The summed E-state index contributed by atoms with van der Waals surface area (Å²) in [5.74, 6) is 0. The molecule has 0 saturated carbocycles. The first-order valence-electron chi connectivity index (χ1n) is 16.4. The fourth-order valence-corrected chi connectivity index (χ4v) is 8.07. The second-order valence-corrected chi connectivity index (χ2v) is 12.8. The van der Waals surface area contributed by atoms with Gasteiger partial charge in [0, 0.05) is 21.5 Å². The largest absolute Gasteiger partial charge is 0.455 e. The highest BCUT2D eigenvalue weighted by molar-refractivity contribution is 6.26. The molecule has 0 bridgehead atoms. The summed E-state index contributed by atoms with van der Waals surface area (Å²) in [6, 6.07) is 56.7. The second kappa shape index (κ2) is 9.57. The third-order valence-corrected chi connectivity index (χ3v) is 10.2. The van der Waals surface area contributed by atoms with E-state index in [4.69, 9.17) is 8.83 Å². The van der Waals surface area contributed by atoms with E-state index in [-0.39, 0.29) is 0 Å². The SMILES string of the molecule is c1ccc2cc(-c3c4ccccc4c(-c4ccc5oc6c(ccc7oc8c9ccccc9ccc8c76)c5c4)c4ccccc34)ccc2c1. The summed E-state index contributed by atoms with van der Waals surface area (Å²) < 4.78 is 13.1. The van der Waals surface area contributed by atoms with E-state index in [1.807, 2.05) is 0 Å². The Morgan fingerprint density at radius 1 is 0.292 bits per heavy atom. The van der Waals surface area contributed by atoms with Crippen molar-refractivity contribution in [2.24, 2.45) is 0 Å². The third kappa shape index (κ3) is 3.52. The van der Waals surface area contributed by atoms with Crippen LogP contribution in [0.15, 0.2) is 167 Å². The molecule has 0 spiro atoms. The molecule has 2 heteroatoms. The van der Waals surface area contributed by atoms with Gasteiger partial charge in [-0.15, -0.1) is 0 Å². The Labute approximate surface area is 275 Å². The van der Waals surface area contributed by atoms with Gasteiger partial charge in [0.1, 0.15) is 22.3 Å². The molecule has 0 amide bonds. The van der Waals surface area contributed by atoms with Gasteiger partial charge in [0.25, 0.3) is 0 Å². The van der Waals surface area contributed by atoms with Crippen molar-refractivity contribution >= 4 is 87.0 Å². The summed E-state index contributed by atoms with van der Waals surface area (Å²) in [7, 11) is 0. The Morgan fingerprint density at radius 2 is 0.812 bits per heavy atom. The standard InChI is InChI=1S/C46H26O2/c1-2-11-29-25-30(18-17-27(29)9-1)42-33-13-5-7-15-35(33)43(36-16-8-6-14-34(36)42)31-20-23-40-39(26-31)37-22-24-41-44(46(37)47-40)38-21-19-28-10-3-4-12-32(28)45(38)48-41/h1-26H. The van der Waals surface area contributed by atoms with Gasteiger partial charge in [-0.05, 0) is 96.4 Å². The van der Waals surface area contributed by atoms with Crippen molar-refractivity contribution in [3.63, 3.8) is 0 Å². The lowest BCUT2D eigenvalue weighted by atomic mass is 9.85. The molecule has 0 fully saturated rings. The second-order valence-electron chi connectivity index (χ2n) is 12.8. The van der Waals surface area contributed by atoms with Gasteiger partial charge in [0.2, 0.25) is 0 Å². The van der Waals surface area contributed by atoms with Crippen molar-refractivity contribution in [1.29, 1.82) is 0 Å². The van der Waals surface area contributed by atoms with Crippen molar-refractivity contribution in [3.05, 3.63) is 158 Å². The summed E-state index contributed by atoms with van der Waals surface area (Å²) in [6.07, 6.45) is 0. The van der Waals surface area contributed by atoms with Crippen LogP contribution in [-0.4, -0.2) is 0 Å². The Balaban J connectivity index is 1.19. The molecule has 0 atom stereocenters. The van der Waals surface area contributed by atoms with Crippen molar-refractivity contribution in [1.82, 2.24) is 0 Å². The van der Waals surface area contributed by atoms with Crippen LogP contribution in [0.1, 0.15) is 0 Å². The number of benzene rings is 9. The summed E-state index contributed by atoms with van der Waals surface area (Å²) in [5.41, 5.74) is 8.40. The van der Waals surface area contributed by atoms with Gasteiger partial charge < -0.3 is 8.83 Å². The number of hydrogen-bond acceptors (Lipinski definition) is 2. The summed E-state index contributed by atoms with van der Waals surface area (Å²) in [4.78, 5) is 0. The van der Waals surface area contributed by atoms with Gasteiger partial charge in [-0.25, -0.2) is 0 Å². The van der Waals surface area contributed by atoms with Crippen LogP contribution in [0.5, 0.6) is 0 Å². The fraction of sp³-hybridized carbons (Fsp3) is 0. The molecule has 11 rings (SSSR count). The smallest absolute Gasteiger partial charge is 0.147 e. The van der Waals surface area contributed by atoms with Gasteiger partial charge in [-0.2, -0.15) is 0 Å². The van der Waals surface area contributed by atoms with E-state index in [1.54, 1.807) is 0 Å². The van der Waals surface area contributed by atoms with Crippen LogP contribution >= 0.6 is 0 Å². The van der Waals surface area contributed by atoms with E-state index in [9.17, 15) is 0 Å². The summed E-state index contributed by atoms with van der Waals surface area (Å²) in [5, 5.41) is 14.1. The van der Waals surface area contributed by atoms with E-state index in [2.05, 4.69) is 158 Å². The lowest BCUT2D eigenvalue weighted by Gasteiger charge is -2.18. The highest BCUT2D eigenvalue weighted by Crippen LogP contribution is 2.46. The minimum absolute atomic E-state index is 0.842. The number of hydrogen-bond donors (Lipinski definition) is 0. The van der Waals surface area contributed by atoms with Gasteiger partial charge >= 0.3 is 0 Å². The molecule has 2 aromatic heterocycles.